The summed E-state index contributed by atoms with van der Waals surface area (Å²) in [6.07, 6.45) is 3.23. The van der Waals surface area contributed by atoms with Crippen LogP contribution >= 0.6 is 0 Å². The SMILES string of the molecule is CN(C)C(CNC(=O)c1ccn(-c2ccc([N+](=O)[O-])cc2)n1)c1ccco1. The van der Waals surface area contributed by atoms with Crippen LogP contribution in [0.2, 0.25) is 0 Å². The number of aromatic nitrogens is 2. The average molecular weight is 369 g/mol. The molecule has 0 saturated heterocycles. The number of rotatable bonds is 7. The van der Waals surface area contributed by atoms with Gasteiger partial charge in [0.05, 0.1) is 22.9 Å². The first kappa shape index (κ1) is 18.3. The van der Waals surface area contributed by atoms with E-state index in [-0.39, 0.29) is 23.3 Å². The zero-order valence-corrected chi connectivity index (χ0v) is 14.9. The second-order valence-corrected chi connectivity index (χ2v) is 6.12. The number of furan rings is 1. The molecule has 1 amide bonds. The molecule has 3 rings (SSSR count). The number of likely N-dealkylation sites (N-methyl/N-ethyl adjacent to an activating group) is 1. The Morgan fingerprint density at radius 3 is 2.63 bits per heavy atom. The number of amides is 1. The van der Waals surface area contributed by atoms with Gasteiger partial charge in [0.25, 0.3) is 11.6 Å². The molecule has 9 nitrogen and oxygen atoms in total. The number of hydrogen-bond donors (Lipinski definition) is 1. The summed E-state index contributed by atoms with van der Waals surface area (Å²) < 4.78 is 6.92. The Morgan fingerprint density at radius 1 is 1.30 bits per heavy atom. The Hall–Kier alpha value is -3.46. The lowest BCUT2D eigenvalue weighted by Gasteiger charge is -2.22. The standard InChI is InChI=1S/C18H19N5O4/c1-21(2)16(17-4-3-11-27-17)12-19-18(24)15-9-10-22(20-15)13-5-7-14(8-6-13)23(25)26/h3-11,16H,12H2,1-2H3,(H,19,24). The van der Waals surface area contributed by atoms with Crippen molar-refractivity contribution in [1.82, 2.24) is 20.0 Å². The number of nitrogens with zero attached hydrogens (tertiary/aromatic N) is 4. The van der Waals surface area contributed by atoms with Crippen molar-refractivity contribution >= 4 is 11.6 Å². The Morgan fingerprint density at radius 2 is 2.04 bits per heavy atom. The lowest BCUT2D eigenvalue weighted by molar-refractivity contribution is -0.384. The summed E-state index contributed by atoms with van der Waals surface area (Å²) in [5.41, 5.74) is 0.878. The lowest BCUT2D eigenvalue weighted by atomic mass is 10.2. The molecule has 1 aromatic carbocycles. The maximum absolute atomic E-state index is 12.4. The van der Waals surface area contributed by atoms with Gasteiger partial charge in [0.1, 0.15) is 5.76 Å². The highest BCUT2D eigenvalue weighted by molar-refractivity contribution is 5.92. The fourth-order valence-electron chi connectivity index (χ4n) is 2.61. The van der Waals surface area contributed by atoms with Crippen LogP contribution in [0.4, 0.5) is 5.69 Å². The largest absolute Gasteiger partial charge is 0.468 e. The number of benzene rings is 1. The highest BCUT2D eigenvalue weighted by Gasteiger charge is 2.19. The predicted molar refractivity (Wildman–Crippen MR) is 97.7 cm³/mol. The van der Waals surface area contributed by atoms with Gasteiger partial charge in [-0.15, -0.1) is 0 Å². The number of hydrogen-bond acceptors (Lipinski definition) is 6. The predicted octanol–water partition coefficient (Wildman–Crippen LogP) is 2.41. The Labute approximate surface area is 155 Å². The first-order valence-electron chi connectivity index (χ1n) is 8.24. The van der Waals surface area contributed by atoms with E-state index in [0.717, 1.165) is 5.76 Å². The van der Waals surface area contributed by atoms with E-state index in [0.29, 0.717) is 12.2 Å². The molecule has 2 aromatic heterocycles. The highest BCUT2D eigenvalue weighted by atomic mass is 16.6. The zero-order chi connectivity index (χ0) is 19.4. The minimum absolute atomic E-state index is 0.00322. The fourth-order valence-corrected chi connectivity index (χ4v) is 2.61. The van der Waals surface area contributed by atoms with Gasteiger partial charge >= 0.3 is 0 Å². The quantitative estimate of drug-likeness (QED) is 0.506. The lowest BCUT2D eigenvalue weighted by Crippen LogP contribution is -2.34. The van der Waals surface area contributed by atoms with E-state index in [9.17, 15) is 14.9 Å². The van der Waals surface area contributed by atoms with E-state index >= 15 is 0 Å². The molecule has 1 atom stereocenters. The molecular weight excluding hydrogens is 350 g/mol. The van der Waals surface area contributed by atoms with Crippen LogP contribution in [0.5, 0.6) is 0 Å². The maximum atomic E-state index is 12.4. The van der Waals surface area contributed by atoms with Crippen LogP contribution in [0.15, 0.2) is 59.3 Å². The third-order valence-corrected chi connectivity index (χ3v) is 4.10. The van der Waals surface area contributed by atoms with E-state index in [1.807, 2.05) is 25.1 Å². The van der Waals surface area contributed by atoms with Gasteiger partial charge in [0, 0.05) is 24.9 Å². The molecule has 1 N–H and O–H groups in total. The van der Waals surface area contributed by atoms with Gasteiger partial charge in [-0.25, -0.2) is 4.68 Å². The van der Waals surface area contributed by atoms with Gasteiger partial charge in [-0.1, -0.05) is 0 Å². The average Bonchev–Trinajstić information content (AvgIpc) is 3.34. The molecule has 27 heavy (non-hydrogen) atoms. The second-order valence-electron chi connectivity index (χ2n) is 6.12. The summed E-state index contributed by atoms with van der Waals surface area (Å²) in [4.78, 5) is 24.6. The summed E-state index contributed by atoms with van der Waals surface area (Å²) >= 11 is 0. The second kappa shape index (κ2) is 7.83. The molecule has 0 saturated carbocycles. The summed E-state index contributed by atoms with van der Waals surface area (Å²) in [7, 11) is 3.81. The Bertz CT molecular complexity index is 916. The van der Waals surface area contributed by atoms with Crippen LogP contribution in [-0.2, 0) is 0 Å². The van der Waals surface area contributed by atoms with Crippen molar-refractivity contribution in [3.05, 3.63) is 76.5 Å². The van der Waals surface area contributed by atoms with Crippen molar-refractivity contribution in [2.75, 3.05) is 20.6 Å². The van der Waals surface area contributed by atoms with Gasteiger partial charge in [-0.05, 0) is 44.4 Å². The number of nitro groups is 1. The van der Waals surface area contributed by atoms with E-state index < -0.39 is 4.92 Å². The van der Waals surface area contributed by atoms with Gasteiger partial charge in [-0.2, -0.15) is 5.10 Å². The van der Waals surface area contributed by atoms with Crippen molar-refractivity contribution in [2.45, 2.75) is 6.04 Å². The molecule has 0 spiro atoms. The van der Waals surface area contributed by atoms with Crippen molar-refractivity contribution in [3.8, 4) is 5.69 Å². The van der Waals surface area contributed by atoms with Crippen molar-refractivity contribution in [3.63, 3.8) is 0 Å². The fraction of sp³-hybridized carbons (Fsp3) is 0.222. The molecule has 9 heteroatoms. The number of non-ortho nitro benzene ring substituents is 1. The molecular formula is C18H19N5O4. The molecule has 0 radical (unpaired) electrons. The molecule has 0 aliphatic heterocycles. The van der Waals surface area contributed by atoms with Crippen LogP contribution in [0.3, 0.4) is 0 Å². The Balaban J connectivity index is 1.67. The molecule has 0 aliphatic rings. The van der Waals surface area contributed by atoms with Crippen LogP contribution in [0, 0.1) is 10.1 Å². The number of carbonyl (C=O) groups excluding carboxylic acids is 1. The molecule has 1 unspecified atom stereocenters. The van der Waals surface area contributed by atoms with Crippen molar-refractivity contribution in [2.24, 2.45) is 0 Å². The third kappa shape index (κ3) is 4.21. The Kier molecular flexibility index (Phi) is 5.32. The minimum atomic E-state index is -0.466. The number of nitrogens with one attached hydrogen (secondary N) is 1. The van der Waals surface area contributed by atoms with E-state index in [2.05, 4.69) is 10.4 Å². The summed E-state index contributed by atoms with van der Waals surface area (Å²) in [5, 5.41) is 17.8. The first-order valence-corrected chi connectivity index (χ1v) is 8.24. The summed E-state index contributed by atoms with van der Waals surface area (Å²) in [6.45, 7) is 0.365. The van der Waals surface area contributed by atoms with Crippen LogP contribution in [0.1, 0.15) is 22.3 Å². The van der Waals surface area contributed by atoms with Crippen LogP contribution < -0.4 is 5.32 Å². The normalized spacial score (nSPS) is 12.1. The van der Waals surface area contributed by atoms with Gasteiger partial charge < -0.3 is 9.73 Å². The van der Waals surface area contributed by atoms with E-state index in [4.69, 9.17) is 4.42 Å². The van der Waals surface area contributed by atoms with Crippen molar-refractivity contribution in [1.29, 1.82) is 0 Å². The smallest absolute Gasteiger partial charge is 0.271 e. The number of nitro benzene ring substituents is 1. The molecule has 0 bridgehead atoms. The molecule has 140 valence electrons. The monoisotopic (exact) mass is 369 g/mol. The summed E-state index contributed by atoms with van der Waals surface area (Å²) in [6, 6.07) is 11.1. The molecule has 0 fully saturated rings. The minimum Gasteiger partial charge on any atom is -0.468 e. The van der Waals surface area contributed by atoms with E-state index in [1.54, 1.807) is 36.7 Å². The van der Waals surface area contributed by atoms with Gasteiger partial charge in [0.2, 0.25) is 0 Å². The topological polar surface area (TPSA) is 106 Å². The maximum Gasteiger partial charge on any atom is 0.271 e. The van der Waals surface area contributed by atoms with Crippen LogP contribution in [0.25, 0.3) is 5.69 Å². The zero-order valence-electron chi connectivity index (χ0n) is 14.9. The van der Waals surface area contributed by atoms with Crippen molar-refractivity contribution < 1.29 is 14.1 Å². The van der Waals surface area contributed by atoms with Gasteiger partial charge in [0.15, 0.2) is 5.69 Å². The molecule has 0 aliphatic carbocycles. The third-order valence-electron chi connectivity index (χ3n) is 4.10. The van der Waals surface area contributed by atoms with Crippen LogP contribution in [-0.4, -0.2) is 46.2 Å². The van der Waals surface area contributed by atoms with E-state index in [1.165, 1.54) is 16.8 Å². The molecule has 2 heterocycles. The highest BCUT2D eigenvalue weighted by Crippen LogP contribution is 2.18. The first-order chi connectivity index (χ1) is 13.0. The number of carbonyl (C=O) groups is 1. The van der Waals surface area contributed by atoms with Gasteiger partial charge in [-0.3, -0.25) is 19.8 Å². The molecule has 3 aromatic rings. The summed E-state index contributed by atoms with van der Waals surface area (Å²) in [5.74, 6) is 0.450.